The van der Waals surface area contributed by atoms with E-state index in [-0.39, 0.29) is 17.1 Å². The molecule has 0 amide bonds. The number of ether oxygens (including phenoxy) is 2. The van der Waals surface area contributed by atoms with E-state index in [1.807, 2.05) is 13.0 Å². The summed E-state index contributed by atoms with van der Waals surface area (Å²) in [5, 5.41) is 0.318. The molecule has 0 fully saturated rings. The lowest BCUT2D eigenvalue weighted by molar-refractivity contribution is 0.0731. The van der Waals surface area contributed by atoms with Gasteiger partial charge in [-0.05, 0) is 72.6 Å². The highest BCUT2D eigenvalue weighted by Gasteiger charge is 2.21. The lowest BCUT2D eigenvalue weighted by atomic mass is 10.1. The summed E-state index contributed by atoms with van der Waals surface area (Å²) < 4.78 is 29.9. The molecule has 0 unspecified atom stereocenters. The second-order valence-electron chi connectivity index (χ2n) is 6.90. The molecule has 0 N–H and O–H groups in total. The van der Waals surface area contributed by atoms with Crippen molar-refractivity contribution < 1.29 is 23.1 Å². The van der Waals surface area contributed by atoms with Gasteiger partial charge in [-0.1, -0.05) is 13.0 Å². The molecule has 0 aliphatic carbocycles. The summed E-state index contributed by atoms with van der Waals surface area (Å²) in [4.78, 5) is 26.0. The van der Waals surface area contributed by atoms with Gasteiger partial charge in [-0.15, -0.1) is 0 Å². The minimum Gasteiger partial charge on any atom is -0.497 e. The zero-order chi connectivity index (χ0) is 22.0. The molecule has 1 aromatic heterocycles. The van der Waals surface area contributed by atoms with Crippen LogP contribution in [0.1, 0.15) is 22.8 Å². The number of hydrogen-bond donors (Lipinski definition) is 0. The van der Waals surface area contributed by atoms with Gasteiger partial charge >= 0.3 is 5.97 Å². The van der Waals surface area contributed by atoms with Gasteiger partial charge in [0.1, 0.15) is 17.1 Å². The molecule has 4 rings (SSSR count). The molecule has 156 valence electrons. The number of methoxy groups -OCH3 is 1. The molecule has 0 radical (unpaired) electrons. The van der Waals surface area contributed by atoms with Crippen LogP contribution in [-0.4, -0.2) is 13.1 Å². The topological polar surface area (TPSA) is 65.7 Å². The highest BCUT2D eigenvalue weighted by molar-refractivity contribution is 5.93. The van der Waals surface area contributed by atoms with Gasteiger partial charge in [-0.3, -0.25) is 4.79 Å². The Kier molecular flexibility index (Phi) is 5.54. The smallest absolute Gasteiger partial charge is 0.343 e. The number of benzene rings is 3. The first-order valence-electron chi connectivity index (χ1n) is 9.72. The van der Waals surface area contributed by atoms with Crippen LogP contribution < -0.4 is 14.9 Å². The van der Waals surface area contributed by atoms with Crippen LogP contribution in [0.5, 0.6) is 11.5 Å². The third-order valence-corrected chi connectivity index (χ3v) is 4.95. The quantitative estimate of drug-likeness (QED) is 0.407. The average Bonchev–Trinajstić information content (AvgIpc) is 2.81. The second-order valence-corrected chi connectivity index (χ2v) is 6.90. The standard InChI is InChI=1S/C25H19FO5/c1-3-15-4-13-21-20(14-15)22(27)24(31-25(28)17-5-9-18(26)10-6-17)23(30-21)16-7-11-19(29-2)12-8-16/h4-14H,3H2,1-2H3. The van der Waals surface area contributed by atoms with E-state index in [0.29, 0.717) is 22.3 Å². The number of halogens is 1. The third kappa shape index (κ3) is 4.05. The minimum absolute atomic E-state index is 0.115. The number of rotatable bonds is 5. The number of fused-ring (bicyclic) bond motifs is 1. The maximum absolute atomic E-state index is 13.3. The minimum atomic E-state index is -0.784. The van der Waals surface area contributed by atoms with Crippen LogP contribution in [0.25, 0.3) is 22.3 Å². The summed E-state index contributed by atoms with van der Waals surface area (Å²) in [5.41, 5.74) is 1.53. The molecule has 31 heavy (non-hydrogen) atoms. The summed E-state index contributed by atoms with van der Waals surface area (Å²) >= 11 is 0. The Morgan fingerprint density at radius 1 is 1.00 bits per heavy atom. The third-order valence-electron chi connectivity index (χ3n) is 4.95. The van der Waals surface area contributed by atoms with Crippen molar-refractivity contribution in [1.82, 2.24) is 0 Å². The van der Waals surface area contributed by atoms with Crippen molar-refractivity contribution in [1.29, 1.82) is 0 Å². The molecular weight excluding hydrogens is 399 g/mol. The van der Waals surface area contributed by atoms with Gasteiger partial charge in [-0.25, -0.2) is 9.18 Å². The average molecular weight is 418 g/mol. The van der Waals surface area contributed by atoms with Crippen LogP contribution in [0, 0.1) is 5.82 Å². The molecule has 4 aromatic rings. The van der Waals surface area contributed by atoms with Crippen LogP contribution in [0.2, 0.25) is 0 Å². The van der Waals surface area contributed by atoms with Gasteiger partial charge in [0.05, 0.1) is 18.1 Å². The van der Waals surface area contributed by atoms with Crippen molar-refractivity contribution in [2.24, 2.45) is 0 Å². The molecule has 0 aliphatic heterocycles. The largest absolute Gasteiger partial charge is 0.497 e. The zero-order valence-corrected chi connectivity index (χ0v) is 17.0. The Labute approximate surface area is 177 Å². The molecule has 6 heteroatoms. The van der Waals surface area contributed by atoms with Gasteiger partial charge < -0.3 is 13.9 Å². The number of carbonyl (C=O) groups excluding carboxylic acids is 1. The first-order chi connectivity index (χ1) is 15.0. The van der Waals surface area contributed by atoms with E-state index in [2.05, 4.69) is 0 Å². The van der Waals surface area contributed by atoms with Crippen LogP contribution in [0.3, 0.4) is 0 Å². The number of aryl methyl sites for hydroxylation is 1. The van der Waals surface area contributed by atoms with Crippen molar-refractivity contribution in [3.05, 3.63) is 93.9 Å². The van der Waals surface area contributed by atoms with Gasteiger partial charge in [0, 0.05) is 5.56 Å². The summed E-state index contributed by atoms with van der Waals surface area (Å²) in [6, 6.07) is 17.1. The fraction of sp³-hybridized carbons (Fsp3) is 0.120. The van der Waals surface area contributed by atoms with Gasteiger partial charge in [0.2, 0.25) is 11.2 Å². The van der Waals surface area contributed by atoms with E-state index in [4.69, 9.17) is 13.9 Å². The number of hydrogen-bond acceptors (Lipinski definition) is 5. The SMILES string of the molecule is CCc1ccc2oc(-c3ccc(OC)cc3)c(OC(=O)c3ccc(F)cc3)c(=O)c2c1. The van der Waals surface area contributed by atoms with Crippen molar-refractivity contribution in [3.8, 4) is 22.8 Å². The molecule has 3 aromatic carbocycles. The molecule has 0 bridgehead atoms. The van der Waals surface area contributed by atoms with Gasteiger partial charge in [0.15, 0.2) is 5.76 Å². The fourth-order valence-corrected chi connectivity index (χ4v) is 3.21. The van der Waals surface area contributed by atoms with E-state index in [1.165, 1.54) is 12.1 Å². The summed E-state index contributed by atoms with van der Waals surface area (Å²) in [6.45, 7) is 1.98. The molecule has 1 heterocycles. The molecule has 0 saturated heterocycles. The fourth-order valence-electron chi connectivity index (χ4n) is 3.21. The second kappa shape index (κ2) is 8.44. The van der Waals surface area contributed by atoms with Crippen LogP contribution in [0.15, 0.2) is 75.9 Å². The predicted molar refractivity (Wildman–Crippen MR) is 115 cm³/mol. The molecular formula is C25H19FO5. The van der Waals surface area contributed by atoms with Gasteiger partial charge in [0.25, 0.3) is 0 Å². The van der Waals surface area contributed by atoms with E-state index in [0.717, 1.165) is 24.1 Å². The summed E-state index contributed by atoms with van der Waals surface area (Å²) in [5.74, 6) is -0.731. The lowest BCUT2D eigenvalue weighted by Gasteiger charge is -2.11. The zero-order valence-electron chi connectivity index (χ0n) is 17.0. The summed E-state index contributed by atoms with van der Waals surface area (Å²) in [6.07, 6.45) is 0.736. The summed E-state index contributed by atoms with van der Waals surface area (Å²) in [7, 11) is 1.55. The van der Waals surface area contributed by atoms with Crippen LogP contribution in [-0.2, 0) is 6.42 Å². The Morgan fingerprint density at radius 2 is 1.71 bits per heavy atom. The van der Waals surface area contributed by atoms with Crippen molar-refractivity contribution >= 4 is 16.9 Å². The Bertz CT molecular complexity index is 1310. The highest BCUT2D eigenvalue weighted by Crippen LogP contribution is 2.32. The Morgan fingerprint density at radius 3 is 2.35 bits per heavy atom. The predicted octanol–water partition coefficient (Wildman–Crippen LogP) is 5.39. The Balaban J connectivity index is 1.88. The normalized spacial score (nSPS) is 10.8. The Hall–Kier alpha value is -3.93. The van der Waals surface area contributed by atoms with Crippen molar-refractivity contribution in [3.63, 3.8) is 0 Å². The van der Waals surface area contributed by atoms with E-state index < -0.39 is 17.2 Å². The molecule has 0 aliphatic rings. The monoisotopic (exact) mass is 418 g/mol. The molecule has 0 saturated carbocycles. The van der Waals surface area contributed by atoms with E-state index in [1.54, 1.807) is 43.5 Å². The number of esters is 1. The maximum Gasteiger partial charge on any atom is 0.343 e. The molecule has 0 spiro atoms. The lowest BCUT2D eigenvalue weighted by Crippen LogP contribution is -2.16. The number of carbonyl (C=O) groups is 1. The first-order valence-corrected chi connectivity index (χ1v) is 9.72. The van der Waals surface area contributed by atoms with Crippen molar-refractivity contribution in [2.75, 3.05) is 7.11 Å². The van der Waals surface area contributed by atoms with Crippen molar-refractivity contribution in [2.45, 2.75) is 13.3 Å². The van der Waals surface area contributed by atoms with Gasteiger partial charge in [-0.2, -0.15) is 0 Å². The highest BCUT2D eigenvalue weighted by atomic mass is 19.1. The van der Waals surface area contributed by atoms with Crippen LogP contribution >= 0.6 is 0 Å². The van der Waals surface area contributed by atoms with E-state index >= 15 is 0 Å². The first kappa shape index (κ1) is 20.3. The molecule has 0 atom stereocenters. The van der Waals surface area contributed by atoms with E-state index in [9.17, 15) is 14.0 Å². The molecule has 5 nitrogen and oxygen atoms in total. The van der Waals surface area contributed by atoms with Crippen LogP contribution in [0.4, 0.5) is 4.39 Å². The maximum atomic E-state index is 13.3.